The molecule has 0 atom stereocenters. The van der Waals surface area contributed by atoms with Gasteiger partial charge < -0.3 is 9.47 Å². The maximum absolute atomic E-state index is 14.6. The highest BCUT2D eigenvalue weighted by Gasteiger charge is 2.30. The number of esters is 1. The number of ketones is 1. The van der Waals surface area contributed by atoms with Crippen molar-refractivity contribution in [3.63, 3.8) is 0 Å². The molecular formula is C33H34N4O6SSi. The molecule has 0 saturated carbocycles. The van der Waals surface area contributed by atoms with E-state index in [1.165, 1.54) is 37.6 Å². The maximum Gasteiger partial charge on any atom is 0.338 e. The lowest BCUT2D eigenvalue weighted by Gasteiger charge is -2.17. The fourth-order valence-electron chi connectivity index (χ4n) is 5.19. The highest BCUT2D eigenvalue weighted by Crippen LogP contribution is 2.33. The molecule has 0 spiro atoms. The van der Waals surface area contributed by atoms with Crippen molar-refractivity contribution < 1.29 is 27.5 Å². The van der Waals surface area contributed by atoms with Crippen LogP contribution in [0.5, 0.6) is 0 Å². The monoisotopic (exact) mass is 642 g/mol. The summed E-state index contributed by atoms with van der Waals surface area (Å²) in [6.45, 7) is 10.8. The average Bonchev–Trinajstić information content (AvgIpc) is 3.61. The number of methoxy groups -OCH3 is 1. The molecule has 3 aromatic carbocycles. The number of carbonyl (C=O) groups excluding carboxylic acids is 2. The van der Waals surface area contributed by atoms with Crippen molar-refractivity contribution in [3.05, 3.63) is 94.4 Å². The smallest absolute Gasteiger partial charge is 0.338 e. The number of fused-ring (bicyclic) bond motifs is 2. The minimum Gasteiger partial charge on any atom is -0.465 e. The number of hydrogen-bond donors (Lipinski definition) is 0. The zero-order valence-electron chi connectivity index (χ0n) is 26.0. The molecule has 0 radical (unpaired) electrons. The first kappa shape index (κ1) is 31.8. The largest absolute Gasteiger partial charge is 0.465 e. The second-order valence-electron chi connectivity index (χ2n) is 12.2. The first-order chi connectivity index (χ1) is 21.3. The molecule has 0 aliphatic carbocycles. The fraction of sp³-hybridized carbons (Fsp3) is 0.273. The topological polar surface area (TPSA) is 133 Å². The number of nitriles is 1. The summed E-state index contributed by atoms with van der Waals surface area (Å²) in [6, 6.07) is 17.4. The van der Waals surface area contributed by atoms with Crippen LogP contribution in [-0.4, -0.2) is 55.5 Å². The Bertz CT molecular complexity index is 2120. The first-order valence-corrected chi connectivity index (χ1v) is 19.5. The van der Waals surface area contributed by atoms with Crippen LogP contribution in [0.3, 0.4) is 0 Å². The third-order valence-electron chi connectivity index (χ3n) is 7.63. The zero-order chi connectivity index (χ0) is 32.7. The summed E-state index contributed by atoms with van der Waals surface area (Å²) in [4.78, 5) is 32.3. The lowest BCUT2D eigenvalue weighted by atomic mass is 9.96. The molecule has 2 aromatic heterocycles. The van der Waals surface area contributed by atoms with Crippen LogP contribution in [0.2, 0.25) is 25.7 Å². The summed E-state index contributed by atoms with van der Waals surface area (Å²) < 4.78 is 41.4. The maximum atomic E-state index is 14.6. The molecule has 45 heavy (non-hydrogen) atoms. The molecule has 0 aliphatic rings. The van der Waals surface area contributed by atoms with Crippen molar-refractivity contribution in [2.75, 3.05) is 13.7 Å². The SMILES string of the molecule is COC(=O)c1cc(C)c2c(ccn2S(=O)(=O)c2ccc(C)cc2)c1C(=O)c1nc2cc(C#N)ccc2n1COCC[Si](C)(C)C. The number of nitrogens with zero attached hydrogens (tertiary/aromatic N) is 4. The molecular weight excluding hydrogens is 609 g/mol. The molecule has 0 unspecified atom stereocenters. The van der Waals surface area contributed by atoms with Crippen molar-refractivity contribution in [2.45, 2.75) is 51.2 Å². The van der Waals surface area contributed by atoms with Crippen molar-refractivity contribution in [3.8, 4) is 6.07 Å². The predicted molar refractivity (Wildman–Crippen MR) is 174 cm³/mol. The zero-order valence-corrected chi connectivity index (χ0v) is 27.9. The van der Waals surface area contributed by atoms with Crippen LogP contribution >= 0.6 is 0 Å². The predicted octanol–water partition coefficient (Wildman–Crippen LogP) is 6.05. The summed E-state index contributed by atoms with van der Waals surface area (Å²) in [5.74, 6) is -1.38. The molecule has 0 aliphatic heterocycles. The van der Waals surface area contributed by atoms with Gasteiger partial charge in [0.1, 0.15) is 6.73 Å². The van der Waals surface area contributed by atoms with E-state index >= 15 is 0 Å². The fourth-order valence-corrected chi connectivity index (χ4v) is 7.36. The summed E-state index contributed by atoms with van der Waals surface area (Å²) in [7, 11) is -4.22. The number of carbonyl (C=O) groups is 2. The molecule has 5 rings (SSSR count). The molecule has 0 amide bonds. The van der Waals surface area contributed by atoms with Crippen molar-refractivity contribution in [1.82, 2.24) is 13.5 Å². The van der Waals surface area contributed by atoms with Gasteiger partial charge in [-0.3, -0.25) is 9.36 Å². The van der Waals surface area contributed by atoms with Crippen molar-refractivity contribution in [2.24, 2.45) is 0 Å². The summed E-state index contributed by atoms with van der Waals surface area (Å²) >= 11 is 0. The van der Waals surface area contributed by atoms with E-state index in [-0.39, 0.29) is 39.5 Å². The van der Waals surface area contributed by atoms with Crippen molar-refractivity contribution in [1.29, 1.82) is 5.26 Å². The lowest BCUT2D eigenvalue weighted by molar-refractivity contribution is 0.0597. The Morgan fingerprint density at radius 2 is 1.73 bits per heavy atom. The van der Waals surface area contributed by atoms with Gasteiger partial charge in [-0.1, -0.05) is 37.3 Å². The van der Waals surface area contributed by atoms with Crippen LogP contribution in [0.1, 0.15) is 43.2 Å². The Morgan fingerprint density at radius 1 is 1.02 bits per heavy atom. The van der Waals surface area contributed by atoms with Gasteiger partial charge in [0, 0.05) is 31.8 Å². The van der Waals surface area contributed by atoms with Gasteiger partial charge >= 0.3 is 5.97 Å². The molecule has 0 saturated heterocycles. The van der Waals surface area contributed by atoms with Crippen molar-refractivity contribution >= 4 is 51.8 Å². The Kier molecular flexibility index (Phi) is 8.55. The molecule has 2 heterocycles. The molecule has 12 heteroatoms. The van der Waals surface area contributed by atoms with Crippen LogP contribution in [0.4, 0.5) is 0 Å². The Morgan fingerprint density at radius 3 is 2.38 bits per heavy atom. The third-order valence-corrected chi connectivity index (χ3v) is 11.0. The number of ether oxygens (including phenoxy) is 2. The third kappa shape index (κ3) is 6.06. The summed E-state index contributed by atoms with van der Waals surface area (Å²) in [6.07, 6.45) is 1.38. The van der Waals surface area contributed by atoms with Crippen LogP contribution in [-0.2, 0) is 26.2 Å². The van der Waals surface area contributed by atoms with Gasteiger partial charge in [0.15, 0.2) is 5.82 Å². The van der Waals surface area contributed by atoms with E-state index in [1.54, 1.807) is 41.8 Å². The normalized spacial score (nSPS) is 12.0. The van der Waals surface area contributed by atoms with E-state index in [1.807, 2.05) is 6.92 Å². The van der Waals surface area contributed by atoms with E-state index in [2.05, 4.69) is 30.7 Å². The highest BCUT2D eigenvalue weighted by atomic mass is 32.2. The standard InChI is InChI=1S/C33H34N4O6SSi/c1-21-7-10-24(11-8-21)44(40,41)37-14-13-25-29(26(33(39)42-3)17-22(2)30(25)37)31(38)32-35-27-18-23(19-34)9-12-28(27)36(32)20-43-15-16-45(4,5)6/h7-14,17-18H,15-16,20H2,1-6H3. The minimum absolute atomic E-state index is 0.0132. The lowest BCUT2D eigenvalue weighted by Crippen LogP contribution is -2.22. The Balaban J connectivity index is 1.72. The Labute approximate surface area is 262 Å². The average molecular weight is 643 g/mol. The quantitative estimate of drug-likeness (QED) is 0.0779. The number of benzene rings is 3. The number of hydrogen-bond acceptors (Lipinski definition) is 8. The first-order valence-electron chi connectivity index (χ1n) is 14.3. The number of aromatic nitrogens is 3. The molecule has 232 valence electrons. The second kappa shape index (κ2) is 12.1. The number of imidazole rings is 1. The minimum atomic E-state index is -4.05. The molecule has 0 N–H and O–H groups in total. The van der Waals surface area contributed by atoms with Crippen LogP contribution < -0.4 is 0 Å². The highest BCUT2D eigenvalue weighted by molar-refractivity contribution is 7.90. The van der Waals surface area contributed by atoms with E-state index in [4.69, 9.17) is 9.47 Å². The van der Waals surface area contributed by atoms with Crippen LogP contribution in [0.25, 0.3) is 21.9 Å². The molecule has 10 nitrogen and oxygen atoms in total. The summed E-state index contributed by atoms with van der Waals surface area (Å²) in [5, 5.41) is 9.72. The van der Waals surface area contributed by atoms with E-state index in [0.717, 1.165) is 15.6 Å². The van der Waals surface area contributed by atoms with Gasteiger partial charge in [-0.25, -0.2) is 22.2 Å². The van der Waals surface area contributed by atoms with E-state index in [0.29, 0.717) is 28.8 Å². The number of rotatable bonds is 10. The van der Waals surface area contributed by atoms with Crippen LogP contribution in [0, 0.1) is 25.2 Å². The Hall–Kier alpha value is -4.57. The van der Waals surface area contributed by atoms with Gasteiger partial charge in [-0.05, 0) is 67.9 Å². The van der Waals surface area contributed by atoms with E-state index < -0.39 is 29.8 Å². The molecule has 0 bridgehead atoms. The summed E-state index contributed by atoms with van der Waals surface area (Å²) in [5.41, 5.74) is 2.93. The van der Waals surface area contributed by atoms with Gasteiger partial charge in [0.05, 0.1) is 45.8 Å². The van der Waals surface area contributed by atoms with Gasteiger partial charge in [-0.2, -0.15) is 5.26 Å². The van der Waals surface area contributed by atoms with Gasteiger partial charge in [0.2, 0.25) is 5.78 Å². The second-order valence-corrected chi connectivity index (χ2v) is 19.6. The van der Waals surface area contributed by atoms with Crippen LogP contribution in [0.15, 0.2) is 65.7 Å². The van der Waals surface area contributed by atoms with Gasteiger partial charge in [-0.15, -0.1) is 0 Å². The molecule has 5 aromatic rings. The van der Waals surface area contributed by atoms with E-state index in [9.17, 15) is 23.3 Å². The van der Waals surface area contributed by atoms with Gasteiger partial charge in [0.25, 0.3) is 10.0 Å². The molecule has 0 fully saturated rings. The number of aryl methyl sites for hydroxylation is 2.